The number of rotatable bonds is 10. The number of hydrogen-bond donors (Lipinski definition) is 1. The Kier molecular flexibility index (Phi) is 10.1. The third kappa shape index (κ3) is 8.40. The number of thioether (sulfide) groups is 1. The molecule has 206 valence electrons. The third-order valence-corrected chi connectivity index (χ3v) is 8.09. The molecule has 1 aromatic heterocycles. The molecular weight excluding hydrogens is 532 g/mol. The molecule has 0 aliphatic carbocycles. The molecule has 3 aromatic rings. The number of anilines is 1. The second kappa shape index (κ2) is 14.1. The van der Waals surface area contributed by atoms with Crippen LogP contribution in [0.25, 0.3) is 0 Å². The third-order valence-electron chi connectivity index (χ3n) is 6.98. The Balaban J connectivity index is 1.11. The predicted molar refractivity (Wildman–Crippen MR) is 157 cm³/mol. The van der Waals surface area contributed by atoms with Gasteiger partial charge in [0, 0.05) is 76.3 Å². The molecule has 10 heteroatoms. The summed E-state index contributed by atoms with van der Waals surface area (Å²) in [7, 11) is 0. The molecule has 8 nitrogen and oxygen atoms in total. The largest absolute Gasteiger partial charge is 0.379 e. The zero-order valence-corrected chi connectivity index (χ0v) is 23.7. The van der Waals surface area contributed by atoms with E-state index in [1.165, 1.54) is 17.3 Å². The van der Waals surface area contributed by atoms with Gasteiger partial charge in [0.25, 0.3) is 5.91 Å². The first-order chi connectivity index (χ1) is 19.1. The van der Waals surface area contributed by atoms with E-state index in [1.54, 1.807) is 0 Å². The van der Waals surface area contributed by atoms with Crippen molar-refractivity contribution in [3.8, 4) is 0 Å². The molecule has 1 amide bonds. The molecule has 3 heterocycles. The van der Waals surface area contributed by atoms with Crippen LogP contribution in [0.1, 0.15) is 21.5 Å². The van der Waals surface area contributed by atoms with Crippen LogP contribution >= 0.6 is 23.4 Å². The Bertz CT molecular complexity index is 1220. The summed E-state index contributed by atoms with van der Waals surface area (Å²) in [5.74, 6) is 1.47. The number of ether oxygens (including phenoxy) is 1. The van der Waals surface area contributed by atoms with Gasteiger partial charge in [0.05, 0.1) is 13.2 Å². The number of carbonyl (C=O) groups excluding carboxylic acids is 1. The van der Waals surface area contributed by atoms with E-state index < -0.39 is 0 Å². The minimum absolute atomic E-state index is 0.0530. The lowest BCUT2D eigenvalue weighted by atomic mass is 10.1. The molecule has 2 aliphatic heterocycles. The number of nitrogens with one attached hydrogen (secondary N) is 1. The number of halogens is 1. The van der Waals surface area contributed by atoms with Crippen LogP contribution in [0.3, 0.4) is 0 Å². The Labute approximate surface area is 239 Å². The smallest absolute Gasteiger partial charge is 0.251 e. The quantitative estimate of drug-likeness (QED) is 0.226. The molecule has 5 rings (SSSR count). The van der Waals surface area contributed by atoms with E-state index in [2.05, 4.69) is 55.3 Å². The molecule has 0 atom stereocenters. The fraction of sp³-hybridized carbons (Fsp3) is 0.414. The molecule has 2 aromatic carbocycles. The summed E-state index contributed by atoms with van der Waals surface area (Å²) in [6.45, 7) is 9.51. The van der Waals surface area contributed by atoms with Crippen LogP contribution in [0, 0.1) is 0 Å². The van der Waals surface area contributed by atoms with Crippen LogP contribution < -0.4 is 10.2 Å². The molecule has 0 unspecified atom stereocenters. The number of nitrogens with zero attached hydrogens (tertiary/aromatic N) is 5. The number of aromatic nitrogens is 2. The summed E-state index contributed by atoms with van der Waals surface area (Å²) in [5, 5.41) is 4.13. The van der Waals surface area contributed by atoms with Crippen molar-refractivity contribution in [3.63, 3.8) is 0 Å². The lowest BCUT2D eigenvalue weighted by Gasteiger charge is -2.35. The summed E-state index contributed by atoms with van der Waals surface area (Å²) in [6, 6.07) is 20.2. The second-order valence-electron chi connectivity index (χ2n) is 9.78. The highest BCUT2D eigenvalue weighted by molar-refractivity contribution is 7.98. The minimum atomic E-state index is -0.0530. The van der Waals surface area contributed by atoms with Gasteiger partial charge in [-0.05, 0) is 23.3 Å². The minimum Gasteiger partial charge on any atom is -0.379 e. The first-order valence-corrected chi connectivity index (χ1v) is 14.8. The van der Waals surface area contributed by atoms with Gasteiger partial charge in [-0.1, -0.05) is 65.8 Å². The maximum atomic E-state index is 12.7. The summed E-state index contributed by atoms with van der Waals surface area (Å²) < 4.78 is 5.38. The zero-order chi connectivity index (χ0) is 26.9. The number of piperazine rings is 1. The Morgan fingerprint density at radius 2 is 1.67 bits per heavy atom. The van der Waals surface area contributed by atoms with Crippen LogP contribution in [0.15, 0.2) is 65.8 Å². The summed E-state index contributed by atoms with van der Waals surface area (Å²) in [6.07, 6.45) is 0. The van der Waals surface area contributed by atoms with E-state index in [-0.39, 0.29) is 5.91 Å². The number of amides is 1. The van der Waals surface area contributed by atoms with Crippen LogP contribution in [0.5, 0.6) is 0 Å². The molecule has 0 radical (unpaired) electrons. The number of benzene rings is 2. The molecule has 2 aliphatic rings. The number of carbonyl (C=O) groups is 1. The van der Waals surface area contributed by atoms with Crippen LogP contribution in [-0.4, -0.2) is 91.2 Å². The second-order valence-corrected chi connectivity index (χ2v) is 11.1. The SMILES string of the molecule is O=C(NCCN1CCOCC1)c1cccc(CSc2nc(Cl)cc(N3CCN(Cc4ccccc4)CC3)n2)c1. The molecular formula is C29H35ClN6O2S. The molecule has 2 saturated heterocycles. The molecule has 0 bridgehead atoms. The van der Waals surface area contributed by atoms with Crippen molar-refractivity contribution in [3.05, 3.63) is 82.5 Å². The van der Waals surface area contributed by atoms with Gasteiger partial charge in [-0.15, -0.1) is 0 Å². The van der Waals surface area contributed by atoms with Gasteiger partial charge in [0.15, 0.2) is 5.16 Å². The Morgan fingerprint density at radius 3 is 2.46 bits per heavy atom. The van der Waals surface area contributed by atoms with Crippen LogP contribution in [0.4, 0.5) is 5.82 Å². The summed E-state index contributed by atoms with van der Waals surface area (Å²) >= 11 is 7.92. The first-order valence-electron chi connectivity index (χ1n) is 13.5. The van der Waals surface area contributed by atoms with E-state index in [1.807, 2.05) is 30.3 Å². The van der Waals surface area contributed by atoms with Gasteiger partial charge in [0.1, 0.15) is 11.0 Å². The van der Waals surface area contributed by atoms with Gasteiger partial charge in [-0.3, -0.25) is 14.6 Å². The fourth-order valence-electron chi connectivity index (χ4n) is 4.79. The fourth-order valence-corrected chi connectivity index (χ4v) is 5.82. The van der Waals surface area contributed by atoms with E-state index in [9.17, 15) is 4.79 Å². The highest BCUT2D eigenvalue weighted by Crippen LogP contribution is 2.26. The van der Waals surface area contributed by atoms with Crippen LogP contribution in [-0.2, 0) is 17.0 Å². The van der Waals surface area contributed by atoms with E-state index >= 15 is 0 Å². The van der Waals surface area contributed by atoms with Crippen molar-refractivity contribution in [1.82, 2.24) is 25.1 Å². The van der Waals surface area contributed by atoms with Gasteiger partial charge in [0.2, 0.25) is 0 Å². The summed E-state index contributed by atoms with van der Waals surface area (Å²) in [4.78, 5) is 29.0. The first kappa shape index (κ1) is 27.9. The lowest BCUT2D eigenvalue weighted by molar-refractivity contribution is 0.0383. The van der Waals surface area contributed by atoms with Gasteiger partial charge < -0.3 is 15.0 Å². The van der Waals surface area contributed by atoms with Gasteiger partial charge >= 0.3 is 0 Å². The van der Waals surface area contributed by atoms with Gasteiger partial charge in [-0.25, -0.2) is 9.97 Å². The van der Waals surface area contributed by atoms with Crippen molar-refractivity contribution < 1.29 is 9.53 Å². The average Bonchev–Trinajstić information content (AvgIpc) is 2.97. The van der Waals surface area contributed by atoms with Crippen molar-refractivity contribution in [2.75, 3.05) is 70.5 Å². The highest BCUT2D eigenvalue weighted by atomic mass is 35.5. The standard InChI is InChI=1S/C29H35ClN6O2S/c30-26-20-27(36-13-11-35(12-14-36)21-23-5-2-1-3-6-23)33-29(32-26)39-22-24-7-4-8-25(19-24)28(37)31-9-10-34-15-17-38-18-16-34/h1-8,19-20H,9-18,21-22H2,(H,31,37). The topological polar surface area (TPSA) is 73.8 Å². The van der Waals surface area contributed by atoms with Crippen molar-refractivity contribution >= 4 is 35.1 Å². The number of morpholine rings is 1. The highest BCUT2D eigenvalue weighted by Gasteiger charge is 2.20. The Hall–Kier alpha value is -2.69. The van der Waals surface area contributed by atoms with Crippen molar-refractivity contribution in [1.29, 1.82) is 0 Å². The molecule has 0 spiro atoms. The van der Waals surface area contributed by atoms with Crippen LogP contribution in [0.2, 0.25) is 5.15 Å². The van der Waals surface area contributed by atoms with Crippen molar-refractivity contribution in [2.45, 2.75) is 17.5 Å². The lowest BCUT2D eigenvalue weighted by Crippen LogP contribution is -2.46. The maximum absolute atomic E-state index is 12.7. The molecule has 0 saturated carbocycles. The zero-order valence-electron chi connectivity index (χ0n) is 22.1. The van der Waals surface area contributed by atoms with E-state index in [0.29, 0.717) is 28.2 Å². The molecule has 2 fully saturated rings. The maximum Gasteiger partial charge on any atom is 0.251 e. The van der Waals surface area contributed by atoms with Gasteiger partial charge in [-0.2, -0.15) is 0 Å². The monoisotopic (exact) mass is 566 g/mol. The molecule has 1 N–H and O–H groups in total. The van der Waals surface area contributed by atoms with E-state index in [0.717, 1.165) is 77.0 Å². The predicted octanol–water partition coefficient (Wildman–Crippen LogP) is 3.81. The molecule has 39 heavy (non-hydrogen) atoms. The van der Waals surface area contributed by atoms with Crippen molar-refractivity contribution in [2.24, 2.45) is 0 Å². The average molecular weight is 567 g/mol. The normalized spacial score (nSPS) is 16.8. The summed E-state index contributed by atoms with van der Waals surface area (Å²) in [5.41, 5.74) is 3.04. The number of hydrogen-bond acceptors (Lipinski definition) is 8. The van der Waals surface area contributed by atoms with E-state index in [4.69, 9.17) is 21.3 Å². The Morgan fingerprint density at radius 1 is 0.897 bits per heavy atom.